The van der Waals surface area contributed by atoms with E-state index < -0.39 is 0 Å². The molecule has 4 rings (SSSR count). The first kappa shape index (κ1) is 19.2. The molecule has 0 saturated heterocycles. The molecule has 0 amide bonds. The van der Waals surface area contributed by atoms with Gasteiger partial charge in [-0.25, -0.2) is 0 Å². The van der Waals surface area contributed by atoms with Crippen LogP contribution in [0.3, 0.4) is 0 Å². The van der Waals surface area contributed by atoms with Crippen LogP contribution in [0.15, 0.2) is 11.6 Å². The Morgan fingerprint density at radius 3 is 2.69 bits per heavy atom. The number of unbranched alkanes of at least 4 members (excludes halogenated alkanes) is 1. The van der Waals surface area contributed by atoms with E-state index in [4.69, 9.17) is 4.74 Å². The number of carbonyl (C=O) groups is 1. The zero-order valence-corrected chi connectivity index (χ0v) is 18.2. The number of ether oxygens (including phenoxy) is 1. The van der Waals surface area contributed by atoms with Crippen molar-refractivity contribution in [1.29, 1.82) is 0 Å². The van der Waals surface area contributed by atoms with Gasteiger partial charge in [-0.1, -0.05) is 41.4 Å². The molecule has 3 saturated carbocycles. The summed E-state index contributed by atoms with van der Waals surface area (Å²) in [5.41, 5.74) is 2.05. The van der Waals surface area contributed by atoms with Crippen LogP contribution in [0, 0.1) is 28.6 Å². The third kappa shape index (κ3) is 3.05. The van der Waals surface area contributed by atoms with Gasteiger partial charge in [-0.05, 0) is 81.0 Å². The van der Waals surface area contributed by atoms with Crippen molar-refractivity contribution in [2.75, 3.05) is 11.9 Å². The number of ketones is 1. The molecule has 26 heavy (non-hydrogen) atoms. The summed E-state index contributed by atoms with van der Waals surface area (Å²) in [6.45, 7) is 5.73. The first-order valence-corrected chi connectivity index (χ1v) is 12.0. The van der Waals surface area contributed by atoms with Gasteiger partial charge in [0.2, 0.25) is 0 Å². The smallest absolute Gasteiger partial charge is 0.139 e. The first-order chi connectivity index (χ1) is 12.5. The van der Waals surface area contributed by atoms with Gasteiger partial charge in [0.05, 0.1) is 6.10 Å². The van der Waals surface area contributed by atoms with E-state index in [1.54, 1.807) is 5.57 Å². The summed E-state index contributed by atoms with van der Waals surface area (Å²) in [4.78, 5) is 12.5. The van der Waals surface area contributed by atoms with Gasteiger partial charge in [0.15, 0.2) is 0 Å². The topological polar surface area (TPSA) is 26.3 Å². The highest BCUT2D eigenvalue weighted by Gasteiger charge is 2.58. The Labute approximate surface area is 167 Å². The Morgan fingerprint density at radius 2 is 1.88 bits per heavy atom. The summed E-state index contributed by atoms with van der Waals surface area (Å²) in [7, 11) is 0. The summed E-state index contributed by atoms with van der Waals surface area (Å²) in [6.07, 6.45) is 14.6. The van der Waals surface area contributed by atoms with Crippen molar-refractivity contribution in [2.45, 2.75) is 84.2 Å². The van der Waals surface area contributed by atoms with Crippen molar-refractivity contribution in [2.24, 2.45) is 28.6 Å². The fourth-order valence-corrected chi connectivity index (χ4v) is 7.38. The van der Waals surface area contributed by atoms with Gasteiger partial charge < -0.3 is 4.74 Å². The normalized spacial score (nSPS) is 44.9. The molecular weight excluding hydrogens is 388 g/mol. The van der Waals surface area contributed by atoms with Crippen LogP contribution in [0.1, 0.15) is 78.1 Å². The van der Waals surface area contributed by atoms with E-state index in [-0.39, 0.29) is 5.41 Å². The van der Waals surface area contributed by atoms with Crippen molar-refractivity contribution in [3.63, 3.8) is 0 Å². The number of hydrogen-bond acceptors (Lipinski definition) is 2. The molecule has 0 aromatic heterocycles. The van der Waals surface area contributed by atoms with E-state index in [0.29, 0.717) is 23.2 Å². The highest BCUT2D eigenvalue weighted by molar-refractivity contribution is 9.09. The zero-order valence-electron chi connectivity index (χ0n) is 16.6. The van der Waals surface area contributed by atoms with E-state index in [2.05, 4.69) is 35.9 Å². The predicted octanol–water partition coefficient (Wildman–Crippen LogP) is 6.08. The zero-order chi connectivity index (χ0) is 18.4. The number of Topliss-reactive ketones (excluding diaryl/α,β-unsaturated/α-hetero) is 1. The first-order valence-electron chi connectivity index (χ1n) is 10.9. The molecule has 6 atom stereocenters. The number of fused-ring (bicyclic) bond motifs is 5. The van der Waals surface area contributed by atoms with Gasteiger partial charge in [-0.3, -0.25) is 4.79 Å². The highest BCUT2D eigenvalue weighted by Crippen LogP contribution is 2.64. The van der Waals surface area contributed by atoms with Crippen molar-refractivity contribution < 1.29 is 9.53 Å². The Morgan fingerprint density at radius 1 is 1.12 bits per heavy atom. The quantitative estimate of drug-likeness (QED) is 0.304. The summed E-state index contributed by atoms with van der Waals surface area (Å²) < 4.78 is 6.21. The molecule has 3 fully saturated rings. The molecule has 0 radical (unpaired) electrons. The van der Waals surface area contributed by atoms with E-state index in [1.165, 1.54) is 32.1 Å². The largest absolute Gasteiger partial charge is 0.378 e. The van der Waals surface area contributed by atoms with E-state index >= 15 is 0 Å². The molecule has 0 heterocycles. The van der Waals surface area contributed by atoms with E-state index in [9.17, 15) is 4.79 Å². The maximum absolute atomic E-state index is 12.5. The lowest BCUT2D eigenvalue weighted by atomic mass is 9.48. The average Bonchev–Trinajstić information content (AvgIpc) is 2.94. The molecular formula is C23H35BrO2. The standard InChI is InChI=1S/C23H35BrO2/c1-22-11-9-17(26-14-4-3-13-24)15-16(22)5-6-18-19-7-8-21(25)23(19,2)12-10-20(18)22/h5,17-20H,3-4,6-15H2,1-2H3/t17?,18-,19-,20-,22-,23-/m0/s1. The molecule has 0 N–H and O–H groups in total. The lowest BCUT2D eigenvalue weighted by Crippen LogP contribution is -2.50. The van der Waals surface area contributed by atoms with Gasteiger partial charge >= 0.3 is 0 Å². The van der Waals surface area contributed by atoms with Gasteiger partial charge in [0.1, 0.15) is 5.78 Å². The lowest BCUT2D eigenvalue weighted by Gasteiger charge is -2.57. The number of alkyl halides is 1. The SMILES string of the molecule is C[C@]12CCC(OCCCCBr)CC1=CC[C@@H]1[C@@H]2CC[C@]2(C)C(=O)CC[C@@H]12. The van der Waals surface area contributed by atoms with Crippen LogP contribution in [0.25, 0.3) is 0 Å². The van der Waals surface area contributed by atoms with Crippen molar-refractivity contribution in [3.05, 3.63) is 11.6 Å². The molecule has 0 spiro atoms. The molecule has 4 aliphatic carbocycles. The highest BCUT2D eigenvalue weighted by atomic mass is 79.9. The van der Waals surface area contributed by atoms with Gasteiger partial charge in [0, 0.05) is 23.8 Å². The summed E-state index contributed by atoms with van der Waals surface area (Å²) in [5.74, 6) is 2.73. The molecule has 0 aliphatic heterocycles. The minimum atomic E-state index is -0.00139. The van der Waals surface area contributed by atoms with Crippen LogP contribution >= 0.6 is 15.9 Å². The van der Waals surface area contributed by atoms with E-state index in [0.717, 1.165) is 55.9 Å². The molecule has 3 heteroatoms. The van der Waals surface area contributed by atoms with Crippen molar-refractivity contribution in [3.8, 4) is 0 Å². The number of carbonyl (C=O) groups excluding carboxylic acids is 1. The molecule has 1 unspecified atom stereocenters. The average molecular weight is 423 g/mol. The predicted molar refractivity (Wildman–Crippen MR) is 109 cm³/mol. The number of allylic oxidation sites excluding steroid dienone is 1. The van der Waals surface area contributed by atoms with Gasteiger partial charge in [-0.2, -0.15) is 0 Å². The third-order valence-corrected chi connectivity index (χ3v) is 9.21. The fourth-order valence-electron chi connectivity index (χ4n) is 6.99. The maximum Gasteiger partial charge on any atom is 0.139 e. The molecule has 0 aromatic rings. The fraction of sp³-hybridized carbons (Fsp3) is 0.870. The monoisotopic (exact) mass is 422 g/mol. The van der Waals surface area contributed by atoms with Crippen LogP contribution < -0.4 is 0 Å². The lowest BCUT2D eigenvalue weighted by molar-refractivity contribution is -0.132. The maximum atomic E-state index is 12.5. The third-order valence-electron chi connectivity index (χ3n) is 8.65. The minimum absolute atomic E-state index is 0.00139. The summed E-state index contributed by atoms with van der Waals surface area (Å²) in [6, 6.07) is 0. The van der Waals surface area contributed by atoms with Crippen LogP contribution in [0.5, 0.6) is 0 Å². The van der Waals surface area contributed by atoms with Crippen LogP contribution in [-0.4, -0.2) is 23.8 Å². The number of rotatable bonds is 5. The Hall–Kier alpha value is -0.150. The van der Waals surface area contributed by atoms with Crippen molar-refractivity contribution >= 4 is 21.7 Å². The van der Waals surface area contributed by atoms with Gasteiger partial charge in [-0.15, -0.1) is 0 Å². The Bertz CT molecular complexity index is 585. The molecule has 4 aliphatic rings. The molecule has 0 bridgehead atoms. The van der Waals surface area contributed by atoms with E-state index in [1.807, 2.05) is 0 Å². The summed E-state index contributed by atoms with van der Waals surface area (Å²) >= 11 is 3.50. The minimum Gasteiger partial charge on any atom is -0.378 e. The molecule has 146 valence electrons. The van der Waals surface area contributed by atoms with Crippen LogP contribution in [-0.2, 0) is 9.53 Å². The molecule has 0 aromatic carbocycles. The second-order valence-corrected chi connectivity index (χ2v) is 10.6. The van der Waals surface area contributed by atoms with Crippen molar-refractivity contribution in [1.82, 2.24) is 0 Å². The number of halogens is 1. The number of hydrogen-bond donors (Lipinski definition) is 0. The molecule has 2 nitrogen and oxygen atoms in total. The van der Waals surface area contributed by atoms with Crippen LogP contribution in [0.2, 0.25) is 0 Å². The summed E-state index contributed by atoms with van der Waals surface area (Å²) in [5, 5.41) is 1.08. The van der Waals surface area contributed by atoms with Crippen LogP contribution in [0.4, 0.5) is 0 Å². The second kappa shape index (κ2) is 7.35. The second-order valence-electron chi connectivity index (χ2n) is 9.81. The Balaban J connectivity index is 1.46. The van der Waals surface area contributed by atoms with Gasteiger partial charge in [0.25, 0.3) is 0 Å². The Kier molecular flexibility index (Phi) is 5.42.